The molecule has 0 spiro atoms. The molecule has 0 aromatic heterocycles. The second kappa shape index (κ2) is 14.9. The van der Waals surface area contributed by atoms with E-state index in [2.05, 4.69) is 55.4 Å². The lowest BCUT2D eigenvalue weighted by Gasteiger charge is -2.49. The predicted molar refractivity (Wildman–Crippen MR) is 192 cm³/mol. The fourth-order valence-electron chi connectivity index (χ4n) is 10.4. The van der Waals surface area contributed by atoms with E-state index in [4.69, 9.17) is 33.4 Å². The van der Waals surface area contributed by atoms with Gasteiger partial charge in [0.05, 0.1) is 40.9 Å². The number of amides is 1. The highest BCUT2D eigenvalue weighted by Crippen LogP contribution is 2.49. The van der Waals surface area contributed by atoms with Gasteiger partial charge in [0.1, 0.15) is 12.2 Å². The van der Waals surface area contributed by atoms with Gasteiger partial charge in [-0.3, -0.25) is 14.7 Å². The Labute approximate surface area is 301 Å². The molecule has 0 aromatic rings. The van der Waals surface area contributed by atoms with Crippen LogP contribution >= 0.6 is 0 Å². The van der Waals surface area contributed by atoms with Crippen LogP contribution in [-0.2, 0) is 33.2 Å². The van der Waals surface area contributed by atoms with Gasteiger partial charge in [-0.2, -0.15) is 0 Å². The van der Waals surface area contributed by atoms with Crippen molar-refractivity contribution in [1.82, 2.24) is 4.90 Å². The van der Waals surface area contributed by atoms with Crippen LogP contribution in [0, 0.1) is 35.5 Å². The molecule has 3 fully saturated rings. The van der Waals surface area contributed by atoms with Crippen molar-refractivity contribution >= 4 is 17.8 Å². The summed E-state index contributed by atoms with van der Waals surface area (Å²) in [6.07, 6.45) is -1.98. The summed E-state index contributed by atoms with van der Waals surface area (Å²) in [5.41, 5.74) is -2.14. The number of aliphatic hydroxyl groups excluding tert-OH is 1. The maximum Gasteiger partial charge on any atom is 0.411 e. The van der Waals surface area contributed by atoms with Crippen LogP contribution in [0.5, 0.6) is 0 Å². The topological polar surface area (TPSA) is 125 Å². The summed E-state index contributed by atoms with van der Waals surface area (Å²) in [6, 6.07) is -0.380. The predicted octanol–water partition coefficient (Wildman–Crippen LogP) is 6.42. The molecule has 1 amide bonds. The largest absolute Gasteiger partial charge is 0.458 e. The molecule has 0 radical (unpaired) electrons. The van der Waals surface area contributed by atoms with Crippen LogP contribution in [0.3, 0.4) is 0 Å². The molecule has 2 bridgehead atoms. The third-order valence-electron chi connectivity index (χ3n) is 12.8. The van der Waals surface area contributed by atoms with Crippen molar-refractivity contribution in [1.29, 1.82) is 0 Å². The number of aliphatic hydroxyl groups is 1. The molecule has 4 aliphatic rings. The van der Waals surface area contributed by atoms with Crippen LogP contribution < -0.4 is 0 Å². The molecule has 4 rings (SSSR count). The standard InChI is InChI=1S/C39H68N2O9/c1-16-27-39(17-2)32-24(7)30(40-36(10,11)20-41(32)35(44)50-39)22(5)18-37(12,45-14)29(21(3)4)23(6)31(25(8)34(43)48-27)49-28-19-38(13,46-15)33(42)26(9)47-28/h21-29,31-33,42H,16-20H2,1-15H3/t22-,23-,24+,25?,26?,27-,28+,29-,31+,32?,33+,37-,38-,39-/m1/s1. The second-order valence-electron chi connectivity index (χ2n) is 17.3. The second-order valence-corrected chi connectivity index (χ2v) is 17.3. The van der Waals surface area contributed by atoms with Crippen LogP contribution in [0.4, 0.5) is 4.79 Å². The van der Waals surface area contributed by atoms with Gasteiger partial charge in [0.2, 0.25) is 0 Å². The fourth-order valence-corrected chi connectivity index (χ4v) is 10.4. The van der Waals surface area contributed by atoms with Crippen LogP contribution in [-0.4, -0.2) is 108 Å². The third kappa shape index (κ3) is 7.24. The number of fused-ring (bicyclic) bond motifs is 1. The van der Waals surface area contributed by atoms with Gasteiger partial charge >= 0.3 is 12.1 Å². The molecule has 4 aliphatic heterocycles. The number of nitrogens with zero attached hydrogens (tertiary/aromatic N) is 2. The summed E-state index contributed by atoms with van der Waals surface area (Å²) in [5, 5.41) is 10.9. The van der Waals surface area contributed by atoms with Crippen LogP contribution in [0.15, 0.2) is 4.99 Å². The first-order valence-corrected chi connectivity index (χ1v) is 19.0. The molecular formula is C39H68N2O9. The Bertz CT molecular complexity index is 1260. The van der Waals surface area contributed by atoms with Crippen LogP contribution in [0.25, 0.3) is 0 Å². The van der Waals surface area contributed by atoms with E-state index in [1.54, 1.807) is 21.1 Å². The summed E-state index contributed by atoms with van der Waals surface area (Å²) in [5.74, 6) is -1.40. The Hall–Kier alpha value is -1.79. The molecule has 14 atom stereocenters. The van der Waals surface area contributed by atoms with Gasteiger partial charge in [-0.05, 0) is 84.5 Å². The number of cyclic esters (lactones) is 1. The molecule has 1 N–H and O–H groups in total. The van der Waals surface area contributed by atoms with Gasteiger partial charge in [-0.1, -0.05) is 48.5 Å². The molecule has 0 saturated carbocycles. The summed E-state index contributed by atoms with van der Waals surface area (Å²) < 4.78 is 38.4. The summed E-state index contributed by atoms with van der Waals surface area (Å²) in [6.45, 7) is 27.1. The number of esters is 1. The summed E-state index contributed by atoms with van der Waals surface area (Å²) >= 11 is 0. The van der Waals surface area contributed by atoms with Gasteiger partial charge in [0, 0.05) is 38.8 Å². The number of ether oxygens (including phenoxy) is 6. The third-order valence-corrected chi connectivity index (χ3v) is 12.8. The molecule has 0 aromatic carbocycles. The monoisotopic (exact) mass is 708 g/mol. The summed E-state index contributed by atoms with van der Waals surface area (Å²) in [4.78, 5) is 35.6. The Morgan fingerprint density at radius 1 is 0.960 bits per heavy atom. The number of rotatable bonds is 7. The average Bonchev–Trinajstić information content (AvgIpc) is 3.26. The van der Waals surface area contributed by atoms with Gasteiger partial charge < -0.3 is 33.5 Å². The van der Waals surface area contributed by atoms with E-state index < -0.39 is 71.0 Å². The zero-order valence-corrected chi connectivity index (χ0v) is 33.6. The van der Waals surface area contributed by atoms with Crippen molar-refractivity contribution in [2.45, 2.75) is 175 Å². The quantitative estimate of drug-likeness (QED) is 0.298. The number of aliphatic imine (C=N–C) groups is 1. The number of hydrogen-bond donors (Lipinski definition) is 1. The number of methoxy groups -OCH3 is 2. The van der Waals surface area contributed by atoms with Crippen molar-refractivity contribution in [3.8, 4) is 0 Å². The van der Waals surface area contributed by atoms with E-state index in [9.17, 15) is 14.7 Å². The lowest BCUT2D eigenvalue weighted by Crippen LogP contribution is -2.60. The van der Waals surface area contributed by atoms with Crippen molar-refractivity contribution < 1.29 is 43.1 Å². The zero-order chi connectivity index (χ0) is 37.7. The number of carbonyl (C=O) groups is 2. The van der Waals surface area contributed by atoms with Gasteiger partial charge in [0.15, 0.2) is 11.9 Å². The molecule has 3 saturated heterocycles. The maximum atomic E-state index is 14.5. The lowest BCUT2D eigenvalue weighted by molar-refractivity contribution is -0.299. The van der Waals surface area contributed by atoms with E-state index in [1.165, 1.54) is 0 Å². The Balaban J connectivity index is 1.91. The van der Waals surface area contributed by atoms with Crippen molar-refractivity contribution in [3.63, 3.8) is 0 Å². The van der Waals surface area contributed by atoms with Crippen LogP contribution in [0.2, 0.25) is 0 Å². The Morgan fingerprint density at radius 2 is 1.58 bits per heavy atom. The number of carbonyl (C=O) groups excluding carboxylic acids is 2. The van der Waals surface area contributed by atoms with E-state index in [0.29, 0.717) is 25.8 Å². The minimum atomic E-state index is -1.07. The zero-order valence-electron chi connectivity index (χ0n) is 33.6. The first-order valence-electron chi connectivity index (χ1n) is 19.0. The Kier molecular flexibility index (Phi) is 12.2. The fraction of sp³-hybridized carbons (Fsp3) is 0.923. The highest BCUT2D eigenvalue weighted by molar-refractivity contribution is 5.91. The Morgan fingerprint density at radius 3 is 2.12 bits per heavy atom. The van der Waals surface area contributed by atoms with E-state index in [1.807, 2.05) is 32.6 Å². The van der Waals surface area contributed by atoms with Crippen molar-refractivity contribution in [2.24, 2.45) is 40.5 Å². The molecule has 11 nitrogen and oxygen atoms in total. The SMILES string of the molecule is CC[C@H]1OC(=O)C(C)[C@@H](O[C@H]2C[C@@](C)(OC)[C@@H](O)C(C)O2)[C@H](C)[C@@H](C(C)C)[C@](C)(OC)C[C@@H](C)C2=NC(C)(C)CN3C(=O)O[C@@]1(CC)C3[C@H]2C. The van der Waals surface area contributed by atoms with Crippen molar-refractivity contribution in [3.05, 3.63) is 0 Å². The normalized spacial score (nSPS) is 45.7. The average molecular weight is 709 g/mol. The first-order chi connectivity index (χ1) is 23.2. The van der Waals surface area contributed by atoms with E-state index >= 15 is 0 Å². The minimum absolute atomic E-state index is 0.00154. The molecule has 4 heterocycles. The van der Waals surface area contributed by atoms with E-state index in [-0.39, 0.29) is 42.1 Å². The first kappa shape index (κ1) is 41.0. The highest BCUT2D eigenvalue weighted by atomic mass is 16.7. The van der Waals surface area contributed by atoms with Crippen molar-refractivity contribution in [2.75, 3.05) is 20.8 Å². The van der Waals surface area contributed by atoms with Gasteiger partial charge in [0.25, 0.3) is 0 Å². The number of hydrogen-bond acceptors (Lipinski definition) is 10. The molecule has 11 heteroatoms. The van der Waals surface area contributed by atoms with Crippen LogP contribution in [0.1, 0.15) is 116 Å². The smallest absolute Gasteiger partial charge is 0.411 e. The lowest BCUT2D eigenvalue weighted by atomic mass is 9.65. The molecule has 50 heavy (non-hydrogen) atoms. The maximum absolute atomic E-state index is 14.5. The van der Waals surface area contributed by atoms with E-state index in [0.717, 1.165) is 5.71 Å². The molecule has 0 aliphatic carbocycles. The van der Waals surface area contributed by atoms with Gasteiger partial charge in [-0.15, -0.1) is 0 Å². The minimum Gasteiger partial charge on any atom is -0.458 e. The molecular weight excluding hydrogens is 640 g/mol. The molecule has 3 unspecified atom stereocenters. The summed E-state index contributed by atoms with van der Waals surface area (Å²) in [7, 11) is 3.35. The highest BCUT2D eigenvalue weighted by Gasteiger charge is 2.63. The van der Waals surface area contributed by atoms with Gasteiger partial charge in [-0.25, -0.2) is 4.79 Å². The molecule has 288 valence electrons.